The van der Waals surface area contributed by atoms with Crippen LogP contribution in [-0.2, 0) is 11.2 Å². The third-order valence-corrected chi connectivity index (χ3v) is 3.32. The summed E-state index contributed by atoms with van der Waals surface area (Å²) in [6.07, 6.45) is 1.54. The first-order valence-electron chi connectivity index (χ1n) is 6.47. The van der Waals surface area contributed by atoms with Gasteiger partial charge in [0.2, 0.25) is 5.91 Å². The van der Waals surface area contributed by atoms with Gasteiger partial charge in [-0.3, -0.25) is 4.79 Å². The minimum absolute atomic E-state index is 0.0744. The number of benzene rings is 1. The van der Waals surface area contributed by atoms with Gasteiger partial charge in [0, 0.05) is 13.1 Å². The second-order valence-electron chi connectivity index (χ2n) is 4.74. The molecular weight excluding hydrogens is 244 g/mol. The number of aromatic carboxylic acids is 1. The zero-order chi connectivity index (χ0) is 13.7. The molecule has 1 atom stereocenters. The molecule has 1 heterocycles. The summed E-state index contributed by atoms with van der Waals surface area (Å²) >= 11 is 0. The van der Waals surface area contributed by atoms with Crippen LogP contribution in [0.5, 0.6) is 0 Å². The van der Waals surface area contributed by atoms with Crippen molar-refractivity contribution in [2.75, 3.05) is 19.6 Å². The van der Waals surface area contributed by atoms with Crippen LogP contribution < -0.4 is 10.6 Å². The number of hydrogen-bond donors (Lipinski definition) is 3. The molecule has 1 unspecified atom stereocenters. The Balaban J connectivity index is 1.80. The van der Waals surface area contributed by atoms with E-state index < -0.39 is 5.97 Å². The Labute approximate surface area is 112 Å². The van der Waals surface area contributed by atoms with Gasteiger partial charge in [0.25, 0.3) is 0 Å². The molecular formula is C14H18N2O3. The molecule has 5 nitrogen and oxygen atoms in total. The molecule has 0 saturated carbocycles. The van der Waals surface area contributed by atoms with E-state index in [9.17, 15) is 9.59 Å². The zero-order valence-corrected chi connectivity index (χ0v) is 10.7. The van der Waals surface area contributed by atoms with Gasteiger partial charge in [-0.15, -0.1) is 0 Å². The highest BCUT2D eigenvalue weighted by Gasteiger charge is 2.21. The van der Waals surface area contributed by atoms with Crippen LogP contribution in [0.2, 0.25) is 0 Å². The smallest absolute Gasteiger partial charge is 0.335 e. The molecule has 3 N–H and O–H groups in total. The lowest BCUT2D eigenvalue weighted by atomic mass is 10.1. The van der Waals surface area contributed by atoms with Crippen LogP contribution in [-0.4, -0.2) is 36.6 Å². The predicted molar refractivity (Wildman–Crippen MR) is 71.1 cm³/mol. The van der Waals surface area contributed by atoms with E-state index in [1.807, 2.05) is 6.07 Å². The van der Waals surface area contributed by atoms with Crippen molar-refractivity contribution < 1.29 is 14.7 Å². The van der Waals surface area contributed by atoms with Crippen LogP contribution in [0.15, 0.2) is 24.3 Å². The van der Waals surface area contributed by atoms with E-state index in [4.69, 9.17) is 5.11 Å². The lowest BCUT2D eigenvalue weighted by Crippen LogP contribution is -2.33. The maximum Gasteiger partial charge on any atom is 0.335 e. The first-order chi connectivity index (χ1) is 9.16. The summed E-state index contributed by atoms with van der Waals surface area (Å²) in [6.45, 7) is 2.19. The number of nitrogens with one attached hydrogen (secondary N) is 2. The van der Waals surface area contributed by atoms with E-state index in [2.05, 4.69) is 10.6 Å². The maximum absolute atomic E-state index is 11.8. The van der Waals surface area contributed by atoms with Gasteiger partial charge >= 0.3 is 5.97 Å². The summed E-state index contributed by atoms with van der Waals surface area (Å²) in [5.41, 5.74) is 1.20. The van der Waals surface area contributed by atoms with Gasteiger partial charge in [-0.25, -0.2) is 4.79 Å². The molecule has 1 aromatic rings. The van der Waals surface area contributed by atoms with Crippen molar-refractivity contribution >= 4 is 11.9 Å². The van der Waals surface area contributed by atoms with Crippen molar-refractivity contribution in [3.63, 3.8) is 0 Å². The van der Waals surface area contributed by atoms with Gasteiger partial charge < -0.3 is 15.7 Å². The lowest BCUT2D eigenvalue weighted by Gasteiger charge is -2.10. The van der Waals surface area contributed by atoms with E-state index in [0.29, 0.717) is 13.0 Å². The van der Waals surface area contributed by atoms with Gasteiger partial charge in [0.15, 0.2) is 0 Å². The molecule has 5 heteroatoms. The van der Waals surface area contributed by atoms with Gasteiger partial charge in [-0.1, -0.05) is 12.1 Å². The molecule has 102 valence electrons. The summed E-state index contributed by atoms with van der Waals surface area (Å²) < 4.78 is 0. The van der Waals surface area contributed by atoms with Gasteiger partial charge in [-0.05, 0) is 37.1 Å². The first-order valence-corrected chi connectivity index (χ1v) is 6.47. The van der Waals surface area contributed by atoms with Crippen LogP contribution in [0, 0.1) is 5.92 Å². The van der Waals surface area contributed by atoms with Crippen LogP contribution in [0.3, 0.4) is 0 Å². The molecule has 1 aliphatic rings. The van der Waals surface area contributed by atoms with Crippen molar-refractivity contribution in [3.05, 3.63) is 35.4 Å². The fourth-order valence-corrected chi connectivity index (χ4v) is 2.21. The summed E-state index contributed by atoms with van der Waals surface area (Å²) in [5.74, 6) is -0.771. The minimum atomic E-state index is -0.928. The van der Waals surface area contributed by atoms with Crippen molar-refractivity contribution in [2.24, 2.45) is 5.92 Å². The standard InChI is InChI=1S/C14H18N2O3/c17-13(12-5-6-15-9-12)16-7-4-10-2-1-3-11(8-10)14(18)19/h1-3,8,12,15H,4-7,9H2,(H,16,17)(H,18,19). The Morgan fingerprint density at radius 3 is 2.95 bits per heavy atom. The minimum Gasteiger partial charge on any atom is -0.478 e. The molecule has 1 aliphatic heterocycles. The highest BCUT2D eigenvalue weighted by Crippen LogP contribution is 2.08. The number of carboxylic acids is 1. The molecule has 1 fully saturated rings. The molecule has 0 bridgehead atoms. The van der Waals surface area contributed by atoms with E-state index >= 15 is 0 Å². The number of rotatable bonds is 5. The Morgan fingerprint density at radius 2 is 2.26 bits per heavy atom. The average Bonchev–Trinajstić information content (AvgIpc) is 2.93. The number of hydrogen-bond acceptors (Lipinski definition) is 3. The van der Waals surface area contributed by atoms with E-state index in [1.54, 1.807) is 18.2 Å². The largest absolute Gasteiger partial charge is 0.478 e. The van der Waals surface area contributed by atoms with Crippen LogP contribution in [0.25, 0.3) is 0 Å². The Bertz CT molecular complexity index is 468. The second-order valence-corrected chi connectivity index (χ2v) is 4.74. The van der Waals surface area contributed by atoms with Crippen LogP contribution in [0.4, 0.5) is 0 Å². The fourth-order valence-electron chi connectivity index (χ4n) is 2.21. The van der Waals surface area contributed by atoms with Gasteiger partial charge in [0.05, 0.1) is 11.5 Å². The van der Waals surface area contributed by atoms with Crippen LogP contribution in [0.1, 0.15) is 22.3 Å². The number of carboxylic acid groups (broad SMARTS) is 1. The SMILES string of the molecule is O=C(O)c1cccc(CCNC(=O)C2CCNC2)c1. The van der Waals surface area contributed by atoms with Gasteiger partial charge in [-0.2, -0.15) is 0 Å². The summed E-state index contributed by atoms with van der Waals surface area (Å²) in [5, 5.41) is 14.9. The Morgan fingerprint density at radius 1 is 1.42 bits per heavy atom. The maximum atomic E-state index is 11.8. The zero-order valence-electron chi connectivity index (χ0n) is 10.7. The van der Waals surface area contributed by atoms with Crippen molar-refractivity contribution in [1.29, 1.82) is 0 Å². The lowest BCUT2D eigenvalue weighted by molar-refractivity contribution is -0.124. The monoisotopic (exact) mass is 262 g/mol. The van der Waals surface area contributed by atoms with E-state index in [-0.39, 0.29) is 17.4 Å². The molecule has 1 amide bonds. The molecule has 19 heavy (non-hydrogen) atoms. The quantitative estimate of drug-likeness (QED) is 0.728. The summed E-state index contributed by atoms with van der Waals surface area (Å²) in [4.78, 5) is 22.6. The Hall–Kier alpha value is -1.88. The molecule has 0 spiro atoms. The number of carbonyl (C=O) groups excluding carboxylic acids is 1. The molecule has 0 aromatic heterocycles. The van der Waals surface area contributed by atoms with E-state index in [0.717, 1.165) is 25.1 Å². The highest BCUT2D eigenvalue weighted by molar-refractivity contribution is 5.87. The highest BCUT2D eigenvalue weighted by atomic mass is 16.4. The van der Waals surface area contributed by atoms with Crippen molar-refractivity contribution in [2.45, 2.75) is 12.8 Å². The Kier molecular flexibility index (Phi) is 4.52. The van der Waals surface area contributed by atoms with Crippen molar-refractivity contribution in [1.82, 2.24) is 10.6 Å². The first kappa shape index (κ1) is 13.5. The third-order valence-electron chi connectivity index (χ3n) is 3.32. The second kappa shape index (κ2) is 6.33. The summed E-state index contributed by atoms with van der Waals surface area (Å²) in [6, 6.07) is 6.80. The predicted octanol–water partition coefficient (Wildman–Crippen LogP) is 0.653. The molecule has 1 saturated heterocycles. The van der Waals surface area contributed by atoms with E-state index in [1.165, 1.54) is 0 Å². The average molecular weight is 262 g/mol. The number of carbonyl (C=O) groups is 2. The summed E-state index contributed by atoms with van der Waals surface area (Å²) in [7, 11) is 0. The van der Waals surface area contributed by atoms with Crippen molar-refractivity contribution in [3.8, 4) is 0 Å². The van der Waals surface area contributed by atoms with Crippen LogP contribution >= 0.6 is 0 Å². The topological polar surface area (TPSA) is 78.4 Å². The fraction of sp³-hybridized carbons (Fsp3) is 0.429. The molecule has 0 radical (unpaired) electrons. The van der Waals surface area contributed by atoms with Gasteiger partial charge in [0.1, 0.15) is 0 Å². The molecule has 0 aliphatic carbocycles. The third kappa shape index (κ3) is 3.79. The number of amides is 1. The molecule has 2 rings (SSSR count). The molecule has 1 aromatic carbocycles. The normalized spacial score (nSPS) is 18.2.